The number of fused-ring (bicyclic) bond motifs is 6. The number of ether oxygens (including phenoxy) is 2. The van der Waals surface area contributed by atoms with E-state index in [1.165, 1.54) is 22.2 Å². The van der Waals surface area contributed by atoms with Crippen molar-refractivity contribution in [2.24, 2.45) is 17.3 Å². The van der Waals surface area contributed by atoms with Crippen molar-refractivity contribution in [3.63, 3.8) is 0 Å². The number of amides is 4. The molecule has 6 bridgehead atoms. The van der Waals surface area contributed by atoms with Crippen molar-refractivity contribution in [2.45, 2.75) is 92.0 Å². The third-order valence-corrected chi connectivity index (χ3v) is 13.5. The largest absolute Gasteiger partial charge is 0.508 e. The van der Waals surface area contributed by atoms with Crippen LogP contribution in [0, 0.1) is 17.3 Å². The van der Waals surface area contributed by atoms with E-state index in [9.17, 15) is 29.1 Å². The summed E-state index contributed by atoms with van der Waals surface area (Å²) in [6.45, 7) is 12.7. The van der Waals surface area contributed by atoms with Crippen LogP contribution in [0.2, 0.25) is 0 Å². The number of carbonyl (C=O) groups excluding carboxylic acids is 5. The van der Waals surface area contributed by atoms with Crippen LogP contribution in [0.3, 0.4) is 0 Å². The Labute approximate surface area is 411 Å². The lowest BCUT2D eigenvalue weighted by Gasteiger charge is -2.34. The van der Waals surface area contributed by atoms with Gasteiger partial charge in [0.05, 0.1) is 30.5 Å². The Balaban J connectivity index is 1.25. The number of hydrazine groups is 1. The molecule has 0 radical (unpaired) electrons. The molecule has 2 aromatic carbocycles. The number of carbonyl (C=O) groups is 5. The number of methoxy groups -OCH3 is 1. The molecule has 3 atom stereocenters. The van der Waals surface area contributed by atoms with Crippen LogP contribution < -0.4 is 10.7 Å². The highest BCUT2D eigenvalue weighted by molar-refractivity contribution is 5.97. The van der Waals surface area contributed by atoms with Crippen LogP contribution in [0.4, 0.5) is 0 Å². The van der Waals surface area contributed by atoms with E-state index in [2.05, 4.69) is 54.3 Å². The quantitative estimate of drug-likeness (QED) is 0.115. The van der Waals surface area contributed by atoms with Gasteiger partial charge in [0.25, 0.3) is 5.91 Å². The molecule has 2 saturated heterocycles. The maximum Gasteiger partial charge on any atom is 0.324 e. The molecule has 3 aliphatic rings. The number of hydrogen-bond donors (Lipinski definition) is 3. The predicted octanol–water partition coefficient (Wildman–Crippen LogP) is 5.86. The first-order valence-electron chi connectivity index (χ1n) is 24.4. The second-order valence-electron chi connectivity index (χ2n) is 20.3. The maximum atomic E-state index is 14.7. The molecule has 0 spiro atoms. The fraction of sp³-hybridized carbons (Fsp3) is 0.481. The van der Waals surface area contributed by atoms with Gasteiger partial charge in [-0.1, -0.05) is 45.9 Å². The average Bonchev–Trinajstić information content (AvgIpc) is 3.94. The Morgan fingerprint density at radius 3 is 2.57 bits per heavy atom. The van der Waals surface area contributed by atoms with Crippen LogP contribution in [0.1, 0.15) is 70.7 Å². The molecular weight excluding hydrogens is 889 g/mol. The lowest BCUT2D eigenvalue weighted by atomic mass is 9.84. The van der Waals surface area contributed by atoms with E-state index in [4.69, 9.17) is 14.5 Å². The first kappa shape index (κ1) is 51.5. The Bertz CT molecular complexity index is 2670. The molecule has 3 aliphatic heterocycles. The van der Waals surface area contributed by atoms with E-state index in [0.717, 1.165) is 44.5 Å². The first-order valence-corrected chi connectivity index (χ1v) is 24.4. The van der Waals surface area contributed by atoms with Gasteiger partial charge in [-0.25, -0.2) is 5.43 Å². The number of phenols is 1. The van der Waals surface area contributed by atoms with Crippen LogP contribution in [0.15, 0.2) is 78.7 Å². The van der Waals surface area contributed by atoms with Crippen molar-refractivity contribution in [3.8, 4) is 28.1 Å². The number of aryl methyl sites for hydroxylation is 1. The minimum absolute atomic E-state index is 0.00116. The highest BCUT2D eigenvalue weighted by Gasteiger charge is 2.38. The van der Waals surface area contributed by atoms with Gasteiger partial charge < -0.3 is 39.2 Å². The second-order valence-corrected chi connectivity index (χ2v) is 20.3. The molecule has 0 unspecified atom stereocenters. The van der Waals surface area contributed by atoms with Gasteiger partial charge >= 0.3 is 5.97 Å². The van der Waals surface area contributed by atoms with E-state index in [0.29, 0.717) is 64.0 Å². The summed E-state index contributed by atoms with van der Waals surface area (Å²) in [5, 5.41) is 16.6. The monoisotopic (exact) mass is 959 g/mol. The lowest BCUT2D eigenvalue weighted by molar-refractivity contribution is -0.154. The van der Waals surface area contributed by atoms with Crippen LogP contribution in [-0.4, -0.2) is 137 Å². The molecule has 4 aromatic rings. The molecule has 2 aromatic heterocycles. The number of esters is 1. The highest BCUT2D eigenvalue weighted by Crippen LogP contribution is 2.41. The van der Waals surface area contributed by atoms with Crippen molar-refractivity contribution >= 4 is 40.5 Å². The number of nitrogens with one attached hydrogen (secondary N) is 2. The third-order valence-electron chi connectivity index (χ3n) is 13.5. The van der Waals surface area contributed by atoms with E-state index < -0.39 is 41.2 Å². The highest BCUT2D eigenvalue weighted by atomic mass is 16.5. The van der Waals surface area contributed by atoms with Crippen molar-refractivity contribution in [2.75, 3.05) is 61.0 Å². The van der Waals surface area contributed by atoms with Crippen LogP contribution in [0.25, 0.3) is 33.3 Å². The number of phenolic OH excluding ortho intramolecular Hbond substituents is 1. The van der Waals surface area contributed by atoms with E-state index >= 15 is 0 Å². The number of likely N-dealkylation sites (N-methyl/N-ethyl adjacent to an activating group) is 2. The molecule has 4 amide bonds. The summed E-state index contributed by atoms with van der Waals surface area (Å²) in [4.78, 5) is 79.4. The average molecular weight is 959 g/mol. The molecule has 3 N–H and O–H groups in total. The number of hydrogen-bond acceptors (Lipinski definition) is 11. The Hall–Kier alpha value is -6.36. The maximum absolute atomic E-state index is 14.7. The number of rotatable bonds is 12. The van der Waals surface area contributed by atoms with Gasteiger partial charge in [0.1, 0.15) is 17.8 Å². The normalized spacial score (nSPS) is 19.8. The minimum Gasteiger partial charge on any atom is -0.508 e. The SMILES string of the molecule is CCn1c(-c2cccnc2COC)c2c3cc(ccc31)-c1cc(O)cc(c1)C/C(=C\NC(=O)[C@H](C(C)C)N(C)C(=O)[C@H]1CCN(C(=O)/C=C\CN(C)C)C1)C(=O)N1CCC[C@H](N1)C(=O)OCC(C)(C)C2. The standard InChI is InChI=1S/C54H70N8O8/c1-10-61-46-18-17-36-28-42(46)43(49(61)41-14-11-20-55-45(41)32-69-9)29-54(4,5)33-70-53(68)44-15-12-22-62(57-44)52(67)39(25-35-24-38(36)27-40(63)26-35)30-56-50(65)48(34(2)3)59(8)51(66)37-19-23-60(31-37)47(64)16-13-21-58(6)7/h11,13-14,16-18,20,24,26-28,30,34,37,44,48,57,63H,10,12,15,19,21-23,25,29,31-33H2,1-9H3,(H,56,65)/b16-13-,39-30+/t37-,44-,48-/m0/s1. The molecule has 2 fully saturated rings. The molecule has 7 rings (SSSR count). The van der Waals surface area contributed by atoms with Gasteiger partial charge in [0.2, 0.25) is 17.7 Å². The fourth-order valence-corrected chi connectivity index (χ4v) is 10.1. The molecule has 70 heavy (non-hydrogen) atoms. The Kier molecular flexibility index (Phi) is 16.3. The zero-order chi connectivity index (χ0) is 50.4. The summed E-state index contributed by atoms with van der Waals surface area (Å²) in [5.41, 5.74) is 9.80. The molecule has 0 aliphatic carbocycles. The number of aromatic nitrogens is 2. The minimum atomic E-state index is -0.903. The van der Waals surface area contributed by atoms with Crippen LogP contribution in [-0.2, 0) is 59.4 Å². The van der Waals surface area contributed by atoms with Crippen molar-refractivity contribution in [3.05, 3.63) is 95.5 Å². The second kappa shape index (κ2) is 22.2. The van der Waals surface area contributed by atoms with Crippen LogP contribution >= 0.6 is 0 Å². The summed E-state index contributed by atoms with van der Waals surface area (Å²) in [6.07, 6.45) is 8.48. The summed E-state index contributed by atoms with van der Waals surface area (Å²) < 4.78 is 14.0. The third kappa shape index (κ3) is 11.6. The molecule has 16 heteroatoms. The summed E-state index contributed by atoms with van der Waals surface area (Å²) in [5.74, 6) is -2.60. The number of aromatic hydroxyl groups is 1. The molecule has 0 saturated carbocycles. The summed E-state index contributed by atoms with van der Waals surface area (Å²) in [7, 11) is 7.09. The zero-order valence-corrected chi connectivity index (χ0v) is 42.2. The molecule has 5 heterocycles. The van der Waals surface area contributed by atoms with E-state index in [1.54, 1.807) is 43.5 Å². The van der Waals surface area contributed by atoms with E-state index in [-0.39, 0.29) is 48.6 Å². The van der Waals surface area contributed by atoms with Gasteiger partial charge in [-0.2, -0.15) is 0 Å². The number of likely N-dealkylation sites (tertiary alicyclic amines) is 1. The van der Waals surface area contributed by atoms with Gasteiger partial charge in [-0.15, -0.1) is 0 Å². The first-order chi connectivity index (χ1) is 33.4. The zero-order valence-electron chi connectivity index (χ0n) is 42.2. The predicted molar refractivity (Wildman–Crippen MR) is 269 cm³/mol. The smallest absolute Gasteiger partial charge is 0.324 e. The lowest BCUT2D eigenvalue weighted by Crippen LogP contribution is -2.56. The van der Waals surface area contributed by atoms with Crippen molar-refractivity contribution in [1.29, 1.82) is 0 Å². The van der Waals surface area contributed by atoms with Gasteiger partial charge in [-0.05, 0) is 111 Å². The molecule has 16 nitrogen and oxygen atoms in total. The van der Waals surface area contributed by atoms with Crippen molar-refractivity contribution in [1.82, 2.24) is 40.0 Å². The summed E-state index contributed by atoms with van der Waals surface area (Å²) >= 11 is 0. The topological polar surface area (TPSA) is 179 Å². The fourth-order valence-electron chi connectivity index (χ4n) is 10.1. The molecular formula is C54H70N8O8. The number of pyridine rings is 1. The number of nitrogens with zero attached hydrogens (tertiary/aromatic N) is 6. The van der Waals surface area contributed by atoms with Crippen molar-refractivity contribution < 1.29 is 38.6 Å². The van der Waals surface area contributed by atoms with Crippen LogP contribution in [0.5, 0.6) is 5.75 Å². The van der Waals surface area contributed by atoms with Gasteiger partial charge in [0, 0.05) is 99.2 Å². The molecule has 374 valence electrons. The van der Waals surface area contributed by atoms with E-state index in [1.807, 2.05) is 51.0 Å². The van der Waals surface area contributed by atoms with Gasteiger partial charge in [-0.3, -0.25) is 34.0 Å². The Morgan fingerprint density at radius 1 is 1.06 bits per heavy atom. The number of benzene rings is 2. The summed E-state index contributed by atoms with van der Waals surface area (Å²) in [6, 6.07) is 13.8. The number of cyclic esters (lactones) is 1. The Morgan fingerprint density at radius 2 is 1.84 bits per heavy atom. The van der Waals surface area contributed by atoms with Gasteiger partial charge in [0.15, 0.2) is 0 Å².